The fourth-order valence-corrected chi connectivity index (χ4v) is 2.03. The zero-order valence-corrected chi connectivity index (χ0v) is 12.7. The second-order valence-electron chi connectivity index (χ2n) is 4.68. The highest BCUT2D eigenvalue weighted by Gasteiger charge is 2.12. The molecule has 5 heteroatoms. The summed E-state index contributed by atoms with van der Waals surface area (Å²) in [5, 5.41) is 0.624. The van der Waals surface area contributed by atoms with Crippen LogP contribution in [0.1, 0.15) is 18.9 Å². The summed E-state index contributed by atoms with van der Waals surface area (Å²) in [6, 6.07) is 7.91. The van der Waals surface area contributed by atoms with Crippen molar-refractivity contribution >= 4 is 17.3 Å². The summed E-state index contributed by atoms with van der Waals surface area (Å²) in [5.74, 6) is 0.598. The minimum absolute atomic E-state index is 0.132. The SMILES string of the molecule is CCCOc1cc(Oc2ccc(Cl)cc2C)c(N)cc1F. The van der Waals surface area contributed by atoms with Crippen LogP contribution in [0.4, 0.5) is 10.1 Å². The maximum Gasteiger partial charge on any atom is 0.167 e. The number of nitrogens with two attached hydrogens (primary N) is 1. The van der Waals surface area contributed by atoms with E-state index in [1.807, 2.05) is 13.8 Å². The molecular formula is C16H17ClFNO2. The predicted octanol–water partition coefficient (Wildman–Crippen LogP) is 4.95. The van der Waals surface area contributed by atoms with Crippen LogP contribution in [0.2, 0.25) is 5.02 Å². The summed E-state index contributed by atoms with van der Waals surface area (Å²) in [6.07, 6.45) is 0.788. The number of benzene rings is 2. The first kappa shape index (κ1) is 15.4. The fourth-order valence-electron chi connectivity index (χ4n) is 1.81. The van der Waals surface area contributed by atoms with Gasteiger partial charge in [0.1, 0.15) is 5.75 Å². The Bertz CT molecular complexity index is 646. The monoisotopic (exact) mass is 309 g/mol. The lowest BCUT2D eigenvalue weighted by Gasteiger charge is -2.13. The number of ether oxygens (including phenoxy) is 2. The van der Waals surface area contributed by atoms with Crippen molar-refractivity contribution in [2.24, 2.45) is 0 Å². The van der Waals surface area contributed by atoms with Crippen LogP contribution in [0.5, 0.6) is 17.2 Å². The molecule has 0 atom stereocenters. The standard InChI is InChI=1S/C16H17ClFNO2/c1-3-6-20-15-9-16(13(19)8-12(15)18)21-14-5-4-11(17)7-10(14)2/h4-5,7-9H,3,6,19H2,1-2H3. The molecule has 0 unspecified atom stereocenters. The van der Waals surface area contributed by atoms with Crippen molar-refractivity contribution in [2.75, 3.05) is 12.3 Å². The van der Waals surface area contributed by atoms with Gasteiger partial charge in [0, 0.05) is 17.2 Å². The van der Waals surface area contributed by atoms with Crippen LogP contribution in [0.3, 0.4) is 0 Å². The number of nitrogen functional groups attached to an aromatic ring is 1. The second kappa shape index (κ2) is 6.68. The molecule has 0 radical (unpaired) electrons. The van der Waals surface area contributed by atoms with Gasteiger partial charge in [0.25, 0.3) is 0 Å². The number of halogens is 2. The third-order valence-corrected chi connectivity index (χ3v) is 3.12. The smallest absolute Gasteiger partial charge is 0.167 e. The summed E-state index contributed by atoms with van der Waals surface area (Å²) in [5.41, 5.74) is 6.88. The van der Waals surface area contributed by atoms with Gasteiger partial charge in [-0.05, 0) is 37.1 Å². The van der Waals surface area contributed by atoms with E-state index in [1.165, 1.54) is 12.1 Å². The van der Waals surface area contributed by atoms with Gasteiger partial charge in [-0.15, -0.1) is 0 Å². The molecular weight excluding hydrogens is 293 g/mol. The van der Waals surface area contributed by atoms with Crippen molar-refractivity contribution in [3.63, 3.8) is 0 Å². The van der Waals surface area contributed by atoms with Crippen LogP contribution in [0, 0.1) is 12.7 Å². The van der Waals surface area contributed by atoms with E-state index >= 15 is 0 Å². The molecule has 21 heavy (non-hydrogen) atoms. The van der Waals surface area contributed by atoms with Crippen molar-refractivity contribution in [2.45, 2.75) is 20.3 Å². The first-order valence-corrected chi connectivity index (χ1v) is 7.05. The molecule has 0 aromatic heterocycles. The summed E-state index contributed by atoms with van der Waals surface area (Å²) >= 11 is 5.90. The minimum Gasteiger partial charge on any atom is -0.490 e. The molecule has 112 valence electrons. The Morgan fingerprint density at radius 1 is 1.14 bits per heavy atom. The van der Waals surface area contributed by atoms with E-state index in [4.69, 9.17) is 26.8 Å². The van der Waals surface area contributed by atoms with Gasteiger partial charge in [0.05, 0.1) is 12.3 Å². The summed E-state index contributed by atoms with van der Waals surface area (Å²) in [4.78, 5) is 0. The van der Waals surface area contributed by atoms with Gasteiger partial charge in [0.15, 0.2) is 17.3 Å². The topological polar surface area (TPSA) is 44.5 Å². The van der Waals surface area contributed by atoms with E-state index in [9.17, 15) is 4.39 Å². The maximum absolute atomic E-state index is 13.7. The summed E-state index contributed by atoms with van der Waals surface area (Å²) in [7, 11) is 0. The molecule has 0 aliphatic carbocycles. The average molecular weight is 310 g/mol. The third kappa shape index (κ3) is 3.79. The van der Waals surface area contributed by atoms with E-state index in [0.717, 1.165) is 12.0 Å². The molecule has 0 aliphatic rings. The van der Waals surface area contributed by atoms with Gasteiger partial charge in [-0.1, -0.05) is 18.5 Å². The molecule has 0 bridgehead atoms. The van der Waals surface area contributed by atoms with E-state index in [0.29, 0.717) is 23.1 Å². The van der Waals surface area contributed by atoms with Crippen LogP contribution in [-0.2, 0) is 0 Å². The zero-order valence-electron chi connectivity index (χ0n) is 12.0. The van der Waals surface area contributed by atoms with Gasteiger partial charge in [-0.3, -0.25) is 0 Å². The molecule has 0 aliphatic heterocycles. The van der Waals surface area contributed by atoms with Crippen molar-refractivity contribution < 1.29 is 13.9 Å². The quantitative estimate of drug-likeness (QED) is 0.795. The Morgan fingerprint density at radius 3 is 2.57 bits per heavy atom. The van der Waals surface area contributed by atoms with E-state index in [-0.39, 0.29) is 11.4 Å². The van der Waals surface area contributed by atoms with Gasteiger partial charge < -0.3 is 15.2 Å². The molecule has 2 N–H and O–H groups in total. The Labute approximate surface area is 128 Å². The van der Waals surface area contributed by atoms with E-state index in [1.54, 1.807) is 18.2 Å². The highest BCUT2D eigenvalue weighted by atomic mass is 35.5. The zero-order chi connectivity index (χ0) is 15.4. The first-order chi connectivity index (χ1) is 10.0. The molecule has 0 saturated carbocycles. The minimum atomic E-state index is -0.499. The number of hydrogen-bond acceptors (Lipinski definition) is 3. The van der Waals surface area contributed by atoms with Crippen molar-refractivity contribution in [1.82, 2.24) is 0 Å². The Kier molecular flexibility index (Phi) is 4.91. The fraction of sp³-hybridized carbons (Fsp3) is 0.250. The van der Waals surface area contributed by atoms with Gasteiger partial charge >= 0.3 is 0 Å². The number of anilines is 1. The highest BCUT2D eigenvalue weighted by molar-refractivity contribution is 6.30. The van der Waals surface area contributed by atoms with Crippen LogP contribution in [0.25, 0.3) is 0 Å². The largest absolute Gasteiger partial charge is 0.490 e. The Hall–Kier alpha value is -1.94. The predicted molar refractivity (Wildman–Crippen MR) is 82.9 cm³/mol. The number of aryl methyl sites for hydroxylation is 1. The van der Waals surface area contributed by atoms with Crippen molar-refractivity contribution in [3.8, 4) is 17.2 Å². The lowest BCUT2D eigenvalue weighted by Crippen LogP contribution is -2.00. The van der Waals surface area contributed by atoms with Crippen molar-refractivity contribution in [1.29, 1.82) is 0 Å². The number of hydrogen-bond donors (Lipinski definition) is 1. The van der Waals surface area contributed by atoms with E-state index < -0.39 is 5.82 Å². The molecule has 0 fully saturated rings. The van der Waals surface area contributed by atoms with Gasteiger partial charge in [-0.2, -0.15) is 0 Å². The van der Waals surface area contributed by atoms with E-state index in [2.05, 4.69) is 0 Å². The molecule has 2 aromatic rings. The molecule has 0 heterocycles. The molecule has 3 nitrogen and oxygen atoms in total. The summed E-state index contributed by atoms with van der Waals surface area (Å²) < 4.78 is 24.8. The van der Waals surface area contributed by atoms with Crippen LogP contribution in [-0.4, -0.2) is 6.61 Å². The Morgan fingerprint density at radius 2 is 1.90 bits per heavy atom. The van der Waals surface area contributed by atoms with Gasteiger partial charge in [0.2, 0.25) is 0 Å². The number of rotatable bonds is 5. The molecule has 2 rings (SSSR count). The second-order valence-corrected chi connectivity index (χ2v) is 5.12. The maximum atomic E-state index is 13.7. The molecule has 0 spiro atoms. The molecule has 0 amide bonds. The summed E-state index contributed by atoms with van der Waals surface area (Å²) in [6.45, 7) is 4.25. The van der Waals surface area contributed by atoms with Crippen LogP contribution < -0.4 is 15.2 Å². The third-order valence-electron chi connectivity index (χ3n) is 2.88. The highest BCUT2D eigenvalue weighted by Crippen LogP contribution is 2.35. The van der Waals surface area contributed by atoms with Gasteiger partial charge in [-0.25, -0.2) is 4.39 Å². The van der Waals surface area contributed by atoms with Crippen LogP contribution >= 0.6 is 11.6 Å². The Balaban J connectivity index is 2.30. The first-order valence-electron chi connectivity index (χ1n) is 6.67. The normalized spacial score (nSPS) is 10.5. The molecule has 0 saturated heterocycles. The lowest BCUT2D eigenvalue weighted by atomic mass is 10.2. The molecule has 2 aromatic carbocycles. The lowest BCUT2D eigenvalue weighted by molar-refractivity contribution is 0.299. The average Bonchev–Trinajstić information content (AvgIpc) is 2.43. The van der Waals surface area contributed by atoms with Crippen molar-refractivity contribution in [3.05, 3.63) is 46.7 Å². The van der Waals surface area contributed by atoms with Crippen LogP contribution in [0.15, 0.2) is 30.3 Å².